The van der Waals surface area contributed by atoms with Crippen LogP contribution in [0.15, 0.2) is 22.7 Å². The van der Waals surface area contributed by atoms with Crippen LogP contribution in [0.3, 0.4) is 0 Å². The minimum Gasteiger partial charge on any atom is -0.326 e. The van der Waals surface area contributed by atoms with Crippen LogP contribution in [0.2, 0.25) is 0 Å². The van der Waals surface area contributed by atoms with Crippen molar-refractivity contribution in [2.75, 3.05) is 11.9 Å². The van der Waals surface area contributed by atoms with E-state index in [0.717, 1.165) is 0 Å². The van der Waals surface area contributed by atoms with Crippen molar-refractivity contribution in [2.24, 2.45) is 0 Å². The molecule has 1 aromatic carbocycles. The van der Waals surface area contributed by atoms with Gasteiger partial charge in [-0.2, -0.15) is 0 Å². The first-order valence-corrected chi connectivity index (χ1v) is 6.57. The molecule has 2 N–H and O–H groups in total. The van der Waals surface area contributed by atoms with Crippen LogP contribution in [-0.2, 0) is 4.79 Å². The molecule has 0 radical (unpaired) electrons. The zero-order chi connectivity index (χ0) is 13.8. The number of halogens is 2. The van der Waals surface area contributed by atoms with E-state index in [1.165, 1.54) is 6.07 Å². The number of hydrogen-bond acceptors (Lipinski definition) is 2. The molecule has 5 heteroatoms. The highest BCUT2D eigenvalue weighted by Crippen LogP contribution is 2.19. The minimum absolute atomic E-state index is 0.00992. The van der Waals surface area contributed by atoms with Gasteiger partial charge in [0, 0.05) is 24.2 Å². The van der Waals surface area contributed by atoms with E-state index in [4.69, 9.17) is 0 Å². The highest BCUT2D eigenvalue weighted by molar-refractivity contribution is 9.10. The van der Waals surface area contributed by atoms with E-state index in [0.29, 0.717) is 23.1 Å². The summed E-state index contributed by atoms with van der Waals surface area (Å²) in [6, 6.07) is 4.51. The van der Waals surface area contributed by atoms with Crippen molar-refractivity contribution in [2.45, 2.75) is 32.7 Å². The fourth-order valence-corrected chi connectivity index (χ4v) is 1.60. The molecule has 3 nitrogen and oxygen atoms in total. The maximum Gasteiger partial charge on any atom is 0.225 e. The Morgan fingerprint density at radius 3 is 2.61 bits per heavy atom. The monoisotopic (exact) mass is 316 g/mol. The van der Waals surface area contributed by atoms with Crippen molar-refractivity contribution in [3.63, 3.8) is 0 Å². The van der Waals surface area contributed by atoms with E-state index in [2.05, 4.69) is 26.6 Å². The van der Waals surface area contributed by atoms with Crippen molar-refractivity contribution < 1.29 is 9.18 Å². The van der Waals surface area contributed by atoms with Gasteiger partial charge < -0.3 is 10.6 Å². The van der Waals surface area contributed by atoms with Crippen LogP contribution in [-0.4, -0.2) is 18.0 Å². The number of anilines is 1. The fraction of sp³-hybridized carbons (Fsp3) is 0.462. The molecule has 0 saturated heterocycles. The third-order valence-corrected chi connectivity index (χ3v) is 2.85. The summed E-state index contributed by atoms with van der Waals surface area (Å²) in [5, 5.41) is 5.87. The molecule has 0 saturated carbocycles. The lowest BCUT2D eigenvalue weighted by atomic mass is 10.1. The van der Waals surface area contributed by atoms with Crippen LogP contribution >= 0.6 is 15.9 Å². The van der Waals surface area contributed by atoms with Gasteiger partial charge in [-0.15, -0.1) is 0 Å². The Balaban J connectivity index is 2.42. The van der Waals surface area contributed by atoms with Crippen molar-refractivity contribution in [1.29, 1.82) is 0 Å². The van der Waals surface area contributed by atoms with Crippen LogP contribution in [0.5, 0.6) is 0 Å². The molecule has 1 aromatic rings. The Bertz CT molecular complexity index is 429. The summed E-state index contributed by atoms with van der Waals surface area (Å²) in [6.45, 7) is 6.70. The van der Waals surface area contributed by atoms with Crippen LogP contribution < -0.4 is 10.6 Å². The number of rotatable bonds is 4. The SMILES string of the molecule is CC(C)(C)NCCC(=O)Nc1ccc(Br)c(F)c1. The Morgan fingerprint density at radius 2 is 2.06 bits per heavy atom. The van der Waals surface area contributed by atoms with E-state index in [1.54, 1.807) is 12.1 Å². The summed E-state index contributed by atoms with van der Waals surface area (Å²) in [5.41, 5.74) is 0.459. The standard InChI is InChI=1S/C13H18BrFN2O/c1-13(2,3)16-7-6-12(18)17-9-4-5-10(14)11(15)8-9/h4-5,8,16H,6-7H2,1-3H3,(H,17,18). The highest BCUT2D eigenvalue weighted by atomic mass is 79.9. The molecule has 0 unspecified atom stereocenters. The van der Waals surface area contributed by atoms with Gasteiger partial charge in [0.25, 0.3) is 0 Å². The molecule has 100 valence electrons. The van der Waals surface area contributed by atoms with Gasteiger partial charge in [-0.1, -0.05) is 0 Å². The second-order valence-electron chi connectivity index (χ2n) is 5.10. The van der Waals surface area contributed by atoms with E-state index < -0.39 is 0 Å². The van der Waals surface area contributed by atoms with E-state index in [1.807, 2.05) is 20.8 Å². The van der Waals surface area contributed by atoms with Gasteiger partial charge in [0.05, 0.1) is 4.47 Å². The molecule has 1 rings (SSSR count). The first-order valence-electron chi connectivity index (χ1n) is 5.78. The fourth-order valence-electron chi connectivity index (χ4n) is 1.35. The van der Waals surface area contributed by atoms with Gasteiger partial charge in [-0.25, -0.2) is 4.39 Å². The van der Waals surface area contributed by atoms with Gasteiger partial charge in [-0.3, -0.25) is 4.79 Å². The molecule has 0 aromatic heterocycles. The molecule has 0 atom stereocenters. The maximum atomic E-state index is 13.2. The Kier molecular flexibility index (Phi) is 5.28. The Labute approximate surface area is 115 Å². The topological polar surface area (TPSA) is 41.1 Å². The summed E-state index contributed by atoms with van der Waals surface area (Å²) in [7, 11) is 0. The summed E-state index contributed by atoms with van der Waals surface area (Å²) in [6.07, 6.45) is 0.356. The van der Waals surface area contributed by atoms with Crippen LogP contribution in [0.25, 0.3) is 0 Å². The molecule has 0 aliphatic rings. The molecule has 0 bridgehead atoms. The first-order chi connectivity index (χ1) is 8.28. The normalized spacial score (nSPS) is 11.4. The van der Waals surface area contributed by atoms with Crippen molar-refractivity contribution >= 4 is 27.5 Å². The molecule has 0 heterocycles. The molecule has 0 aliphatic carbocycles. The lowest BCUT2D eigenvalue weighted by molar-refractivity contribution is -0.116. The number of carbonyl (C=O) groups is 1. The Morgan fingerprint density at radius 1 is 1.39 bits per heavy atom. The number of benzene rings is 1. The zero-order valence-electron chi connectivity index (χ0n) is 10.8. The molecule has 1 amide bonds. The predicted molar refractivity (Wildman–Crippen MR) is 75.1 cm³/mol. The maximum absolute atomic E-state index is 13.2. The molecule has 0 aliphatic heterocycles. The second kappa shape index (κ2) is 6.29. The number of amides is 1. The molecule has 0 fully saturated rings. The predicted octanol–water partition coefficient (Wildman–Crippen LogP) is 3.30. The molecular weight excluding hydrogens is 299 g/mol. The first kappa shape index (κ1) is 15.1. The summed E-state index contributed by atoms with van der Waals surface area (Å²) in [4.78, 5) is 11.6. The number of carbonyl (C=O) groups excluding carboxylic acids is 1. The third-order valence-electron chi connectivity index (χ3n) is 2.21. The average Bonchev–Trinajstić information content (AvgIpc) is 2.21. The second-order valence-corrected chi connectivity index (χ2v) is 5.96. The number of hydrogen-bond donors (Lipinski definition) is 2. The van der Waals surface area contributed by atoms with Gasteiger partial charge in [0.2, 0.25) is 5.91 Å². The zero-order valence-corrected chi connectivity index (χ0v) is 12.4. The van der Waals surface area contributed by atoms with E-state index in [-0.39, 0.29) is 17.3 Å². The Hall–Kier alpha value is -0.940. The minimum atomic E-state index is -0.388. The van der Waals surface area contributed by atoms with Gasteiger partial charge in [0.1, 0.15) is 5.82 Å². The van der Waals surface area contributed by atoms with Crippen LogP contribution in [0.1, 0.15) is 27.2 Å². The molecule has 18 heavy (non-hydrogen) atoms. The van der Waals surface area contributed by atoms with Crippen LogP contribution in [0, 0.1) is 5.82 Å². The van der Waals surface area contributed by atoms with Crippen molar-refractivity contribution in [1.82, 2.24) is 5.32 Å². The molecular formula is C13H18BrFN2O. The van der Waals surface area contributed by atoms with E-state index >= 15 is 0 Å². The van der Waals surface area contributed by atoms with Crippen molar-refractivity contribution in [3.8, 4) is 0 Å². The lowest BCUT2D eigenvalue weighted by Gasteiger charge is -2.20. The highest BCUT2D eigenvalue weighted by Gasteiger charge is 2.10. The lowest BCUT2D eigenvalue weighted by Crippen LogP contribution is -2.37. The van der Waals surface area contributed by atoms with Gasteiger partial charge >= 0.3 is 0 Å². The van der Waals surface area contributed by atoms with Crippen molar-refractivity contribution in [3.05, 3.63) is 28.5 Å². The summed E-state index contributed by atoms with van der Waals surface area (Å²) < 4.78 is 13.6. The third kappa shape index (κ3) is 5.60. The van der Waals surface area contributed by atoms with E-state index in [9.17, 15) is 9.18 Å². The average molecular weight is 317 g/mol. The largest absolute Gasteiger partial charge is 0.326 e. The summed E-state index contributed by atoms with van der Waals surface area (Å²) >= 11 is 3.06. The smallest absolute Gasteiger partial charge is 0.225 e. The number of nitrogens with one attached hydrogen (secondary N) is 2. The summed E-state index contributed by atoms with van der Waals surface area (Å²) in [5.74, 6) is -0.519. The van der Waals surface area contributed by atoms with Crippen LogP contribution in [0.4, 0.5) is 10.1 Å². The quantitative estimate of drug-likeness (QED) is 0.894. The van der Waals surface area contributed by atoms with Gasteiger partial charge in [-0.05, 0) is 54.9 Å². The molecule has 0 spiro atoms. The van der Waals surface area contributed by atoms with Gasteiger partial charge in [0.15, 0.2) is 0 Å².